The molecule has 10 heteroatoms. The molecule has 32 heavy (non-hydrogen) atoms. The fraction of sp³-hybridized carbons (Fsp3) is 0.182. The molecule has 1 aromatic carbocycles. The van der Waals surface area contributed by atoms with Gasteiger partial charge < -0.3 is 9.40 Å². The van der Waals surface area contributed by atoms with E-state index in [0.29, 0.717) is 39.5 Å². The van der Waals surface area contributed by atoms with E-state index in [-0.39, 0.29) is 5.56 Å². The molecule has 0 saturated carbocycles. The number of thiophene rings is 1. The predicted octanol–water partition coefficient (Wildman–Crippen LogP) is 5.45. The third-order valence-electron chi connectivity index (χ3n) is 5.14. The van der Waals surface area contributed by atoms with Gasteiger partial charge in [0.25, 0.3) is 5.56 Å². The Bertz CT molecular complexity index is 1450. The van der Waals surface area contributed by atoms with E-state index in [1.54, 1.807) is 17.6 Å². The maximum atomic E-state index is 12.6. The molecular weight excluding hydrogens is 466 g/mol. The van der Waals surface area contributed by atoms with E-state index >= 15 is 0 Å². The van der Waals surface area contributed by atoms with E-state index in [1.807, 2.05) is 54.8 Å². The van der Waals surface area contributed by atoms with Crippen molar-refractivity contribution in [2.45, 2.75) is 31.3 Å². The molecule has 0 saturated heterocycles. The first-order valence-electron chi connectivity index (χ1n) is 9.83. The molecule has 4 aromatic heterocycles. The number of rotatable bonds is 6. The van der Waals surface area contributed by atoms with Crippen LogP contribution in [-0.4, -0.2) is 24.7 Å². The lowest BCUT2D eigenvalue weighted by Gasteiger charge is -2.09. The summed E-state index contributed by atoms with van der Waals surface area (Å²) >= 11 is 9.05. The minimum atomic E-state index is -0.105. The number of nitrogens with one attached hydrogen (secondary N) is 1. The summed E-state index contributed by atoms with van der Waals surface area (Å²) in [5, 5.41) is 10.8. The second-order valence-electron chi connectivity index (χ2n) is 7.24. The molecule has 5 aromatic rings. The van der Waals surface area contributed by atoms with Gasteiger partial charge in [0.2, 0.25) is 0 Å². The predicted molar refractivity (Wildman–Crippen MR) is 128 cm³/mol. The van der Waals surface area contributed by atoms with Crippen LogP contribution in [-0.2, 0) is 12.3 Å². The van der Waals surface area contributed by atoms with Crippen LogP contribution in [0.2, 0.25) is 5.02 Å². The number of hydrogen-bond acceptors (Lipinski definition) is 7. The molecule has 0 bridgehead atoms. The number of furan rings is 1. The summed E-state index contributed by atoms with van der Waals surface area (Å²) in [5.74, 6) is 2.56. The van der Waals surface area contributed by atoms with Gasteiger partial charge in [0, 0.05) is 15.5 Å². The van der Waals surface area contributed by atoms with Crippen molar-refractivity contribution < 1.29 is 4.42 Å². The van der Waals surface area contributed by atoms with Crippen LogP contribution in [0.15, 0.2) is 57.0 Å². The summed E-state index contributed by atoms with van der Waals surface area (Å²) in [7, 11) is 0. The zero-order valence-corrected chi connectivity index (χ0v) is 19.6. The maximum Gasteiger partial charge on any atom is 0.259 e. The molecule has 0 radical (unpaired) electrons. The van der Waals surface area contributed by atoms with Gasteiger partial charge in [0.1, 0.15) is 16.4 Å². The summed E-state index contributed by atoms with van der Waals surface area (Å²) in [6, 6.07) is 11.2. The number of halogens is 1. The molecule has 0 spiro atoms. The fourth-order valence-corrected chi connectivity index (χ4v) is 5.39. The van der Waals surface area contributed by atoms with Crippen LogP contribution in [0.3, 0.4) is 0 Å². The molecule has 0 aliphatic carbocycles. The highest BCUT2D eigenvalue weighted by molar-refractivity contribution is 7.98. The Labute approximate surface area is 196 Å². The van der Waals surface area contributed by atoms with E-state index in [0.717, 1.165) is 26.6 Å². The summed E-state index contributed by atoms with van der Waals surface area (Å²) in [6.07, 6.45) is 1.64. The van der Waals surface area contributed by atoms with E-state index in [4.69, 9.17) is 16.0 Å². The smallest absolute Gasteiger partial charge is 0.259 e. The first-order chi connectivity index (χ1) is 15.5. The normalized spacial score (nSPS) is 11.5. The van der Waals surface area contributed by atoms with Crippen LogP contribution in [0.25, 0.3) is 21.6 Å². The molecule has 5 rings (SSSR count). The monoisotopic (exact) mass is 483 g/mol. The van der Waals surface area contributed by atoms with Gasteiger partial charge in [0.05, 0.1) is 23.9 Å². The van der Waals surface area contributed by atoms with Crippen molar-refractivity contribution >= 4 is 44.9 Å². The molecule has 0 amide bonds. The quantitative estimate of drug-likeness (QED) is 0.323. The third-order valence-corrected chi connectivity index (χ3v) is 7.47. The molecule has 162 valence electrons. The first-order valence-corrected chi connectivity index (χ1v) is 12.0. The lowest BCUT2D eigenvalue weighted by atomic mass is 10.2. The fourth-order valence-electron chi connectivity index (χ4n) is 3.41. The Morgan fingerprint density at radius 1 is 1.19 bits per heavy atom. The average molecular weight is 484 g/mol. The number of nitrogens with zero attached hydrogens (tertiary/aromatic N) is 4. The number of H-pyrrole nitrogens is 1. The van der Waals surface area contributed by atoms with E-state index < -0.39 is 0 Å². The van der Waals surface area contributed by atoms with Gasteiger partial charge in [-0.3, -0.25) is 9.36 Å². The molecule has 0 aliphatic rings. The number of thioether (sulfide) groups is 1. The Balaban J connectivity index is 1.47. The lowest BCUT2D eigenvalue weighted by Crippen LogP contribution is -2.11. The standard InChI is InChI=1S/C22H18ClN5O2S2/c1-12-13(2)32-21-18(12)20(29)24-17(25-21)11-31-22-27-26-19(14-5-7-15(23)8-6-14)28(22)10-16-4-3-9-30-16/h3-9H,10-11H2,1-2H3,(H,24,25,29). The average Bonchev–Trinajstić information content (AvgIpc) is 3.49. The summed E-state index contributed by atoms with van der Waals surface area (Å²) in [5.41, 5.74) is 1.79. The van der Waals surface area contributed by atoms with Crippen LogP contribution < -0.4 is 5.56 Å². The van der Waals surface area contributed by atoms with Crippen LogP contribution in [0.4, 0.5) is 0 Å². The number of aromatic amines is 1. The zero-order chi connectivity index (χ0) is 22.2. The van der Waals surface area contributed by atoms with Crippen LogP contribution in [0, 0.1) is 13.8 Å². The van der Waals surface area contributed by atoms with Crippen molar-refractivity contribution in [3.63, 3.8) is 0 Å². The molecule has 4 heterocycles. The van der Waals surface area contributed by atoms with Crippen molar-refractivity contribution in [2.75, 3.05) is 0 Å². The van der Waals surface area contributed by atoms with Crippen molar-refractivity contribution in [3.8, 4) is 11.4 Å². The summed E-state index contributed by atoms with van der Waals surface area (Å²) < 4.78 is 7.54. The van der Waals surface area contributed by atoms with Crippen molar-refractivity contribution in [1.82, 2.24) is 24.7 Å². The topological polar surface area (TPSA) is 89.6 Å². The van der Waals surface area contributed by atoms with Gasteiger partial charge in [-0.05, 0) is 55.8 Å². The second-order valence-corrected chi connectivity index (χ2v) is 9.83. The first kappa shape index (κ1) is 21.0. The van der Waals surface area contributed by atoms with Crippen molar-refractivity contribution in [3.05, 3.63) is 80.1 Å². The third kappa shape index (κ3) is 3.99. The van der Waals surface area contributed by atoms with Crippen LogP contribution in [0.5, 0.6) is 0 Å². The second kappa shape index (κ2) is 8.57. The van der Waals surface area contributed by atoms with E-state index in [1.165, 1.54) is 11.8 Å². The van der Waals surface area contributed by atoms with E-state index in [9.17, 15) is 4.79 Å². The molecule has 0 unspecified atom stereocenters. The molecular formula is C22H18ClN5O2S2. The highest BCUT2D eigenvalue weighted by Crippen LogP contribution is 2.29. The molecule has 0 aliphatic heterocycles. The Morgan fingerprint density at radius 2 is 2.00 bits per heavy atom. The van der Waals surface area contributed by atoms with Crippen molar-refractivity contribution in [1.29, 1.82) is 0 Å². The molecule has 1 N–H and O–H groups in total. The van der Waals surface area contributed by atoms with Gasteiger partial charge >= 0.3 is 0 Å². The van der Waals surface area contributed by atoms with Gasteiger partial charge in [-0.15, -0.1) is 21.5 Å². The van der Waals surface area contributed by atoms with Crippen molar-refractivity contribution in [2.24, 2.45) is 0 Å². The Kier molecular flexibility index (Phi) is 5.62. The number of aromatic nitrogens is 5. The van der Waals surface area contributed by atoms with Gasteiger partial charge in [-0.25, -0.2) is 4.98 Å². The van der Waals surface area contributed by atoms with Gasteiger partial charge in [-0.1, -0.05) is 23.4 Å². The van der Waals surface area contributed by atoms with Gasteiger partial charge in [-0.2, -0.15) is 0 Å². The minimum absolute atomic E-state index is 0.105. The molecule has 0 atom stereocenters. The van der Waals surface area contributed by atoms with Crippen LogP contribution in [0.1, 0.15) is 22.0 Å². The molecule has 0 fully saturated rings. The number of aryl methyl sites for hydroxylation is 2. The number of fused-ring (bicyclic) bond motifs is 1. The highest BCUT2D eigenvalue weighted by atomic mass is 35.5. The minimum Gasteiger partial charge on any atom is -0.467 e. The summed E-state index contributed by atoms with van der Waals surface area (Å²) in [4.78, 5) is 22.0. The molecule has 7 nitrogen and oxygen atoms in total. The maximum absolute atomic E-state index is 12.6. The highest BCUT2D eigenvalue weighted by Gasteiger charge is 2.17. The van der Waals surface area contributed by atoms with E-state index in [2.05, 4.69) is 20.2 Å². The largest absolute Gasteiger partial charge is 0.467 e. The van der Waals surface area contributed by atoms with Gasteiger partial charge in [0.15, 0.2) is 11.0 Å². The number of hydrogen-bond donors (Lipinski definition) is 1. The number of benzene rings is 1. The Morgan fingerprint density at radius 3 is 2.75 bits per heavy atom. The van der Waals surface area contributed by atoms with Crippen LogP contribution >= 0.6 is 34.7 Å². The summed E-state index contributed by atoms with van der Waals surface area (Å²) in [6.45, 7) is 4.44. The zero-order valence-electron chi connectivity index (χ0n) is 17.3. The SMILES string of the molecule is Cc1sc2nc(CSc3nnc(-c4ccc(Cl)cc4)n3Cc3ccco3)[nH]c(=O)c2c1C. The lowest BCUT2D eigenvalue weighted by molar-refractivity contribution is 0.485. The Hall–Kier alpha value is -2.88.